The van der Waals surface area contributed by atoms with Crippen LogP contribution in [0.3, 0.4) is 0 Å². The molecule has 1 fully saturated rings. The molecule has 0 aliphatic carbocycles. The average Bonchev–Trinajstić information content (AvgIpc) is 2.69. The lowest BCUT2D eigenvalue weighted by Gasteiger charge is -2.35. The van der Waals surface area contributed by atoms with E-state index in [9.17, 15) is 4.79 Å². The van der Waals surface area contributed by atoms with Crippen LogP contribution in [0.1, 0.15) is 10.4 Å². The predicted octanol–water partition coefficient (Wildman–Crippen LogP) is 2.37. The molecule has 0 atom stereocenters. The number of benzene rings is 1. The maximum atomic E-state index is 12.4. The molecule has 3 rings (SSSR count). The molecule has 1 saturated heterocycles. The highest BCUT2D eigenvalue weighted by molar-refractivity contribution is 7.17. The SMILES string of the molecule is CN(C(=O)c1csc2ccccc12)C1CNC1.Cl. The third kappa shape index (κ3) is 2.11. The minimum absolute atomic E-state index is 0. The first-order valence-corrected chi connectivity index (χ1v) is 6.59. The Hall–Kier alpha value is -1.10. The van der Waals surface area contributed by atoms with Gasteiger partial charge in [-0.25, -0.2) is 0 Å². The van der Waals surface area contributed by atoms with E-state index in [1.807, 2.05) is 35.5 Å². The van der Waals surface area contributed by atoms with Crippen LogP contribution in [0.2, 0.25) is 0 Å². The summed E-state index contributed by atoms with van der Waals surface area (Å²) in [5.41, 5.74) is 0.833. The summed E-state index contributed by atoms with van der Waals surface area (Å²) in [5.74, 6) is 0.133. The number of nitrogens with one attached hydrogen (secondary N) is 1. The van der Waals surface area contributed by atoms with E-state index in [1.165, 1.54) is 4.70 Å². The molecular formula is C13H15ClN2OS. The van der Waals surface area contributed by atoms with Crippen LogP contribution in [0.25, 0.3) is 10.1 Å². The van der Waals surface area contributed by atoms with E-state index < -0.39 is 0 Å². The van der Waals surface area contributed by atoms with Gasteiger partial charge < -0.3 is 10.2 Å². The number of carbonyl (C=O) groups excluding carboxylic acids is 1. The summed E-state index contributed by atoms with van der Waals surface area (Å²) in [5, 5.41) is 6.23. The van der Waals surface area contributed by atoms with E-state index in [2.05, 4.69) is 11.4 Å². The number of hydrogen-bond donors (Lipinski definition) is 1. The number of fused-ring (bicyclic) bond motifs is 1. The fourth-order valence-corrected chi connectivity index (χ4v) is 2.98. The minimum Gasteiger partial charge on any atom is -0.336 e. The molecule has 1 N–H and O–H groups in total. The Labute approximate surface area is 116 Å². The van der Waals surface area contributed by atoms with Crippen molar-refractivity contribution in [3.05, 3.63) is 35.2 Å². The van der Waals surface area contributed by atoms with Gasteiger partial charge >= 0.3 is 0 Å². The standard InChI is InChI=1S/C13H14N2OS.ClH/c1-15(9-6-14-7-9)13(16)11-8-17-12-5-3-2-4-10(11)12;/h2-5,8-9,14H,6-7H2,1H3;1H. The highest BCUT2D eigenvalue weighted by Gasteiger charge is 2.27. The molecule has 0 radical (unpaired) electrons. The van der Waals surface area contributed by atoms with Crippen LogP contribution in [0, 0.1) is 0 Å². The Kier molecular flexibility index (Phi) is 3.90. The van der Waals surface area contributed by atoms with Crippen molar-refractivity contribution in [3.8, 4) is 0 Å². The second-order valence-corrected chi connectivity index (χ2v) is 5.28. The van der Waals surface area contributed by atoms with Crippen LogP contribution in [-0.4, -0.2) is 37.0 Å². The fraction of sp³-hybridized carbons (Fsp3) is 0.308. The second kappa shape index (κ2) is 5.26. The molecule has 0 bridgehead atoms. The zero-order valence-electron chi connectivity index (χ0n) is 10.1. The van der Waals surface area contributed by atoms with Gasteiger partial charge in [0.1, 0.15) is 0 Å². The Morgan fingerprint density at radius 1 is 1.39 bits per heavy atom. The number of carbonyl (C=O) groups is 1. The zero-order valence-corrected chi connectivity index (χ0v) is 11.7. The van der Waals surface area contributed by atoms with E-state index in [0.29, 0.717) is 6.04 Å². The molecule has 3 nitrogen and oxygen atoms in total. The Morgan fingerprint density at radius 2 is 2.11 bits per heavy atom. The number of likely N-dealkylation sites (N-methyl/N-ethyl adjacent to an activating group) is 1. The highest BCUT2D eigenvalue weighted by atomic mass is 35.5. The van der Waals surface area contributed by atoms with Crippen LogP contribution in [0.15, 0.2) is 29.6 Å². The molecule has 1 aromatic heterocycles. The highest BCUT2D eigenvalue weighted by Crippen LogP contribution is 2.27. The lowest BCUT2D eigenvalue weighted by Crippen LogP contribution is -2.57. The first kappa shape index (κ1) is 13.3. The van der Waals surface area contributed by atoms with Crippen LogP contribution in [-0.2, 0) is 0 Å². The molecule has 0 spiro atoms. The van der Waals surface area contributed by atoms with Crippen LogP contribution in [0.4, 0.5) is 0 Å². The molecule has 96 valence electrons. The summed E-state index contributed by atoms with van der Waals surface area (Å²) < 4.78 is 1.18. The van der Waals surface area contributed by atoms with Crippen LogP contribution >= 0.6 is 23.7 Å². The van der Waals surface area contributed by atoms with Crippen LogP contribution < -0.4 is 5.32 Å². The van der Waals surface area contributed by atoms with Gasteiger partial charge in [0.05, 0.1) is 11.6 Å². The number of halogens is 1. The van der Waals surface area contributed by atoms with E-state index in [-0.39, 0.29) is 18.3 Å². The molecular weight excluding hydrogens is 268 g/mol. The summed E-state index contributed by atoms with van der Waals surface area (Å²) in [7, 11) is 1.89. The first-order chi connectivity index (χ1) is 8.27. The molecule has 2 heterocycles. The first-order valence-electron chi connectivity index (χ1n) is 5.71. The molecule has 1 aromatic carbocycles. The van der Waals surface area contributed by atoms with Gasteiger partial charge in [0.15, 0.2) is 0 Å². The average molecular weight is 283 g/mol. The van der Waals surface area contributed by atoms with Crippen molar-refractivity contribution >= 4 is 39.7 Å². The van der Waals surface area contributed by atoms with Crippen molar-refractivity contribution in [2.24, 2.45) is 0 Å². The largest absolute Gasteiger partial charge is 0.336 e. The lowest BCUT2D eigenvalue weighted by molar-refractivity contribution is 0.0683. The smallest absolute Gasteiger partial charge is 0.255 e. The number of thiophene rings is 1. The van der Waals surface area contributed by atoms with Gasteiger partial charge in [-0.1, -0.05) is 18.2 Å². The summed E-state index contributed by atoms with van der Waals surface area (Å²) in [6.45, 7) is 1.81. The summed E-state index contributed by atoms with van der Waals surface area (Å²) >= 11 is 1.63. The van der Waals surface area contributed by atoms with Gasteiger partial charge in [-0.15, -0.1) is 23.7 Å². The molecule has 0 unspecified atom stereocenters. The Bertz CT molecular complexity index is 565. The van der Waals surface area contributed by atoms with Crippen molar-refractivity contribution in [1.82, 2.24) is 10.2 Å². The fourth-order valence-electron chi connectivity index (χ4n) is 2.05. The van der Waals surface area contributed by atoms with Crippen molar-refractivity contribution in [2.45, 2.75) is 6.04 Å². The van der Waals surface area contributed by atoms with Crippen molar-refractivity contribution in [3.63, 3.8) is 0 Å². The van der Waals surface area contributed by atoms with E-state index >= 15 is 0 Å². The molecule has 2 aromatic rings. The normalized spacial score (nSPS) is 14.9. The Balaban J connectivity index is 0.00000120. The van der Waals surface area contributed by atoms with E-state index in [0.717, 1.165) is 24.0 Å². The Morgan fingerprint density at radius 3 is 2.78 bits per heavy atom. The quantitative estimate of drug-likeness (QED) is 0.917. The summed E-state index contributed by atoms with van der Waals surface area (Å²) in [4.78, 5) is 14.2. The number of amides is 1. The van der Waals surface area contributed by atoms with Crippen molar-refractivity contribution < 1.29 is 4.79 Å². The monoisotopic (exact) mass is 282 g/mol. The zero-order chi connectivity index (χ0) is 11.8. The summed E-state index contributed by atoms with van der Waals surface area (Å²) in [6.07, 6.45) is 0. The summed E-state index contributed by atoms with van der Waals surface area (Å²) in [6, 6.07) is 8.41. The molecule has 5 heteroatoms. The molecule has 18 heavy (non-hydrogen) atoms. The van der Waals surface area contributed by atoms with Crippen molar-refractivity contribution in [1.29, 1.82) is 0 Å². The van der Waals surface area contributed by atoms with Gasteiger partial charge in [0.2, 0.25) is 0 Å². The molecule has 1 aliphatic rings. The number of nitrogens with zero attached hydrogens (tertiary/aromatic N) is 1. The van der Waals surface area contributed by atoms with E-state index in [4.69, 9.17) is 0 Å². The number of hydrogen-bond acceptors (Lipinski definition) is 3. The topological polar surface area (TPSA) is 32.3 Å². The third-order valence-electron chi connectivity index (χ3n) is 3.34. The van der Waals surface area contributed by atoms with Gasteiger partial charge in [-0.3, -0.25) is 4.79 Å². The van der Waals surface area contributed by atoms with E-state index in [1.54, 1.807) is 11.3 Å². The number of rotatable bonds is 2. The maximum absolute atomic E-state index is 12.4. The van der Waals surface area contributed by atoms with Crippen LogP contribution in [0.5, 0.6) is 0 Å². The third-order valence-corrected chi connectivity index (χ3v) is 4.30. The van der Waals surface area contributed by atoms with Gasteiger partial charge in [0.25, 0.3) is 5.91 Å². The lowest BCUT2D eigenvalue weighted by atomic mass is 10.1. The minimum atomic E-state index is 0. The van der Waals surface area contributed by atoms with Gasteiger partial charge in [0, 0.05) is 35.6 Å². The molecule has 0 saturated carbocycles. The van der Waals surface area contributed by atoms with Crippen molar-refractivity contribution in [2.75, 3.05) is 20.1 Å². The molecule has 1 aliphatic heterocycles. The molecule has 1 amide bonds. The van der Waals surface area contributed by atoms with Gasteiger partial charge in [-0.05, 0) is 6.07 Å². The predicted molar refractivity (Wildman–Crippen MR) is 77.8 cm³/mol. The second-order valence-electron chi connectivity index (χ2n) is 4.37. The van der Waals surface area contributed by atoms with Gasteiger partial charge in [-0.2, -0.15) is 0 Å². The maximum Gasteiger partial charge on any atom is 0.255 e.